The van der Waals surface area contributed by atoms with E-state index in [0.29, 0.717) is 19.8 Å². The third-order valence-corrected chi connectivity index (χ3v) is 13.1. The van der Waals surface area contributed by atoms with Crippen LogP contribution in [0, 0.1) is 0 Å². The van der Waals surface area contributed by atoms with Crippen LogP contribution in [0.15, 0.2) is 45.5 Å². The van der Waals surface area contributed by atoms with E-state index in [1.807, 2.05) is 18.2 Å². The van der Waals surface area contributed by atoms with Crippen LogP contribution in [0.1, 0.15) is 29.7 Å². The topological polar surface area (TPSA) is 119 Å². The van der Waals surface area contributed by atoms with Gasteiger partial charge in [0.15, 0.2) is 0 Å². The minimum Gasteiger partial charge on any atom is -0.870 e. The molecule has 0 radical (unpaired) electrons. The average molecular weight is 680 g/mol. The number of thiazole rings is 1. The summed E-state index contributed by atoms with van der Waals surface area (Å²) in [6, 6.07) is 5.92. The molecule has 1 aromatic carbocycles. The maximum atomic E-state index is 11.3. The van der Waals surface area contributed by atoms with E-state index in [4.69, 9.17) is 14.2 Å². The minimum absolute atomic E-state index is 0. The van der Waals surface area contributed by atoms with Crippen molar-refractivity contribution in [2.24, 2.45) is 7.05 Å². The van der Waals surface area contributed by atoms with Gasteiger partial charge in [-0.15, -0.1) is 0 Å². The third kappa shape index (κ3) is 6.20. The zero-order valence-electron chi connectivity index (χ0n) is 20.5. The molecule has 13 heteroatoms. The van der Waals surface area contributed by atoms with Crippen LogP contribution >= 0.6 is 23.1 Å². The quantitative estimate of drug-likeness (QED) is 0.255. The van der Waals surface area contributed by atoms with E-state index in [9.17, 15) is 13.0 Å². The van der Waals surface area contributed by atoms with Gasteiger partial charge in [0.25, 0.3) is 0 Å². The zero-order chi connectivity index (χ0) is 25.4. The number of fused-ring (bicyclic) bond motifs is 3. The maximum absolute atomic E-state index is 11.3. The average Bonchev–Trinajstić information content (AvgIpc) is 3.52. The summed E-state index contributed by atoms with van der Waals surface area (Å²) >= 11 is 2.88. The summed E-state index contributed by atoms with van der Waals surface area (Å²) in [7, 11) is -0.263. The summed E-state index contributed by atoms with van der Waals surface area (Å²) in [6.07, 6.45) is 7.70. The Morgan fingerprint density at radius 3 is 2.95 bits per heavy atom. The van der Waals surface area contributed by atoms with Gasteiger partial charge in [0.1, 0.15) is 0 Å². The van der Waals surface area contributed by atoms with Crippen LogP contribution in [0.2, 0.25) is 0 Å². The fraction of sp³-hybridized carbons (Fsp3) is 0.375. The van der Waals surface area contributed by atoms with Crippen molar-refractivity contribution >= 4 is 75.7 Å². The Hall–Kier alpha value is -1.56. The molecule has 0 spiro atoms. The van der Waals surface area contributed by atoms with Gasteiger partial charge in [-0.25, -0.2) is 0 Å². The number of aromatic nitrogens is 1. The molecule has 2 aromatic rings. The Kier molecular flexibility index (Phi) is 8.97. The van der Waals surface area contributed by atoms with E-state index in [-0.39, 0.29) is 15.4 Å². The standard InChI is InChI=1S/C24H26N2O6S3Te.H2O/c1-4-15(10-21-25(2)23-20(34-21)13-18-24(36-23)32-14-31-18)11-22-26(8-5-9-35(27,28)29)17-12-16(30-3)6-7-19(17)33-22;/h6-7,10-13,24H,4-5,8-9,14H2,1-3H3;1H2. The second-order valence-electron chi connectivity index (χ2n) is 8.38. The van der Waals surface area contributed by atoms with Gasteiger partial charge >= 0.3 is 211 Å². The number of allylic oxidation sites excluding steroid dienone is 2. The SMILES string of the molecule is CCC(=Cc1sc2c([n+]1C)[Te]C1OCOC1=C2)C=C1Sc2ccc(OC)cc2N1CCCS(=O)(=O)O.[OH-]. The number of anilines is 1. The summed E-state index contributed by atoms with van der Waals surface area (Å²) < 4.78 is 52.4. The Bertz CT molecular complexity index is 1380. The molecular formula is C24H28N2O7S3Te. The molecule has 0 bridgehead atoms. The summed E-state index contributed by atoms with van der Waals surface area (Å²) in [5, 5.41) is 2.20. The van der Waals surface area contributed by atoms with Crippen LogP contribution in [0.5, 0.6) is 5.75 Å². The Morgan fingerprint density at radius 2 is 2.22 bits per heavy atom. The number of hydrogen-bond donors (Lipinski definition) is 1. The molecular weight excluding hydrogens is 652 g/mol. The van der Waals surface area contributed by atoms with Gasteiger partial charge in [-0.1, -0.05) is 0 Å². The number of methoxy groups -OCH3 is 1. The first-order chi connectivity index (χ1) is 17.3. The van der Waals surface area contributed by atoms with Gasteiger partial charge < -0.3 is 5.48 Å². The molecule has 3 aliphatic rings. The van der Waals surface area contributed by atoms with E-state index in [0.717, 1.165) is 33.5 Å². The summed E-state index contributed by atoms with van der Waals surface area (Å²) in [4.78, 5) is 4.46. The van der Waals surface area contributed by atoms with Gasteiger partial charge in [0, 0.05) is 0 Å². The minimum atomic E-state index is -4.01. The third-order valence-electron chi connectivity index (χ3n) is 5.98. The van der Waals surface area contributed by atoms with Crippen LogP contribution < -0.4 is 17.9 Å². The number of rotatable bonds is 8. The Labute approximate surface area is 234 Å². The predicted molar refractivity (Wildman–Crippen MR) is 145 cm³/mol. The normalized spacial score (nSPS) is 19.6. The summed E-state index contributed by atoms with van der Waals surface area (Å²) in [6.45, 7) is 2.96. The fourth-order valence-corrected chi connectivity index (χ4v) is 10.6. The number of benzene rings is 1. The van der Waals surface area contributed by atoms with Crippen molar-refractivity contribution < 1.29 is 37.2 Å². The molecule has 9 nitrogen and oxygen atoms in total. The van der Waals surface area contributed by atoms with E-state index in [2.05, 4.69) is 41.7 Å². The van der Waals surface area contributed by atoms with E-state index in [1.165, 1.54) is 19.2 Å². The van der Waals surface area contributed by atoms with Crippen LogP contribution in [0.25, 0.3) is 12.2 Å². The van der Waals surface area contributed by atoms with E-state index >= 15 is 0 Å². The number of hydrogen-bond acceptors (Lipinski definition) is 9. The molecule has 37 heavy (non-hydrogen) atoms. The first-order valence-corrected chi connectivity index (χ1v) is 17.2. The second-order valence-corrected chi connectivity index (χ2v) is 15.1. The smallest absolute Gasteiger partial charge is 0.870 e. The first-order valence-electron chi connectivity index (χ1n) is 11.4. The molecule has 200 valence electrons. The number of thioether (sulfide) groups is 1. The molecule has 1 atom stereocenters. The summed E-state index contributed by atoms with van der Waals surface area (Å²) in [5.74, 6) is 1.44. The molecule has 1 fully saturated rings. The van der Waals surface area contributed by atoms with Crippen molar-refractivity contribution in [3.8, 4) is 5.75 Å². The number of nitrogens with zero attached hydrogens (tertiary/aromatic N) is 2. The molecule has 4 heterocycles. The molecule has 3 aliphatic heterocycles. The van der Waals surface area contributed by atoms with E-state index < -0.39 is 31.0 Å². The van der Waals surface area contributed by atoms with Crippen LogP contribution in [0.3, 0.4) is 0 Å². The molecule has 0 aliphatic carbocycles. The Balaban J connectivity index is 0.00000320. The second kappa shape index (κ2) is 11.7. The van der Waals surface area contributed by atoms with Gasteiger partial charge in [-0.05, 0) is 0 Å². The fourth-order valence-electron chi connectivity index (χ4n) is 4.11. The number of ether oxygens (including phenoxy) is 3. The van der Waals surface area contributed by atoms with Crippen LogP contribution in [-0.4, -0.2) is 69.7 Å². The Morgan fingerprint density at radius 1 is 1.41 bits per heavy atom. The summed E-state index contributed by atoms with van der Waals surface area (Å²) in [5.41, 5.74) is 2.16. The molecule has 5 rings (SSSR count). The van der Waals surface area contributed by atoms with Gasteiger partial charge in [0.05, 0.1) is 7.11 Å². The van der Waals surface area contributed by atoms with Gasteiger partial charge in [-0.3, -0.25) is 4.55 Å². The van der Waals surface area contributed by atoms with Crippen molar-refractivity contribution in [1.82, 2.24) is 0 Å². The molecule has 1 saturated heterocycles. The van der Waals surface area contributed by atoms with Gasteiger partial charge in [-0.2, -0.15) is 8.42 Å². The van der Waals surface area contributed by atoms with Gasteiger partial charge in [0.2, 0.25) is 0 Å². The molecule has 0 amide bonds. The van der Waals surface area contributed by atoms with Crippen molar-refractivity contribution in [3.05, 3.63) is 50.5 Å². The molecule has 1 unspecified atom stereocenters. The molecule has 1 aromatic heterocycles. The van der Waals surface area contributed by atoms with Crippen molar-refractivity contribution in [2.75, 3.05) is 31.1 Å². The first kappa shape index (κ1) is 28.4. The van der Waals surface area contributed by atoms with Crippen molar-refractivity contribution in [1.29, 1.82) is 0 Å². The molecule has 0 saturated carbocycles. The van der Waals surface area contributed by atoms with Crippen LogP contribution in [0.4, 0.5) is 5.69 Å². The zero-order valence-corrected chi connectivity index (χ0v) is 25.3. The predicted octanol–water partition coefficient (Wildman–Crippen LogP) is 2.94. The van der Waals surface area contributed by atoms with Crippen molar-refractivity contribution in [3.63, 3.8) is 0 Å². The molecule has 2 N–H and O–H groups in total. The van der Waals surface area contributed by atoms with E-state index in [1.54, 1.807) is 30.2 Å². The monoisotopic (exact) mass is 682 g/mol. The van der Waals surface area contributed by atoms with Crippen molar-refractivity contribution in [2.45, 2.75) is 28.8 Å². The van der Waals surface area contributed by atoms with Crippen LogP contribution in [-0.2, 0) is 26.6 Å².